The molecule has 1 heterocycles. The van der Waals surface area contributed by atoms with Crippen LogP contribution in [0.4, 0.5) is 14.1 Å². The Labute approximate surface area is 234 Å². The minimum atomic E-state index is -5.86. The van der Waals surface area contributed by atoms with Crippen molar-refractivity contribution in [3.63, 3.8) is 0 Å². The van der Waals surface area contributed by atoms with Crippen molar-refractivity contribution in [2.45, 2.75) is 85.5 Å². The fourth-order valence-corrected chi connectivity index (χ4v) is 11.7. The van der Waals surface area contributed by atoms with Crippen LogP contribution in [0.3, 0.4) is 0 Å². The van der Waals surface area contributed by atoms with Crippen molar-refractivity contribution < 1.29 is 13.0 Å². The quantitative estimate of drug-likeness (QED) is 0.213. The van der Waals surface area contributed by atoms with Crippen LogP contribution in [0.25, 0.3) is 0 Å². The van der Waals surface area contributed by atoms with Crippen molar-refractivity contribution in [2.24, 2.45) is 10.8 Å². The summed E-state index contributed by atoms with van der Waals surface area (Å²) in [6.45, 7) is 13.9. The first-order chi connectivity index (χ1) is 18.4. The summed E-state index contributed by atoms with van der Waals surface area (Å²) in [4.78, 5) is 0. The van der Waals surface area contributed by atoms with Crippen LogP contribution in [0.15, 0.2) is 78.9 Å². The third-order valence-corrected chi connectivity index (χ3v) is 13.5. The molecule has 1 saturated carbocycles. The van der Waals surface area contributed by atoms with E-state index in [1.165, 1.54) is 11.1 Å². The van der Waals surface area contributed by atoms with E-state index in [-0.39, 0.29) is 27.9 Å². The molecular formula is C35H45F2NP+. The summed E-state index contributed by atoms with van der Waals surface area (Å²) in [5.74, 6) is 0.453. The van der Waals surface area contributed by atoms with Gasteiger partial charge >= 0.3 is 235 Å². The first kappa shape index (κ1) is 28.2. The van der Waals surface area contributed by atoms with E-state index in [9.17, 15) is 0 Å². The summed E-state index contributed by atoms with van der Waals surface area (Å²) in [7, 11) is -5.86. The van der Waals surface area contributed by atoms with Crippen LogP contribution in [-0.2, 0) is 0 Å². The van der Waals surface area contributed by atoms with Crippen LogP contribution >= 0.6 is 7.22 Å². The Bertz CT molecular complexity index is 1300. The fraction of sp³-hybridized carbons (Fsp3) is 0.457. The van der Waals surface area contributed by atoms with Gasteiger partial charge in [-0.3, -0.25) is 0 Å². The molecule has 1 aliphatic heterocycles. The first-order valence-corrected chi connectivity index (χ1v) is 16.8. The van der Waals surface area contributed by atoms with E-state index in [4.69, 9.17) is 0 Å². The molecule has 39 heavy (non-hydrogen) atoms. The molecule has 2 aliphatic rings. The zero-order valence-corrected chi connectivity index (χ0v) is 25.4. The number of hydrogen-bond acceptors (Lipinski definition) is 0. The molecule has 1 aliphatic carbocycles. The van der Waals surface area contributed by atoms with Gasteiger partial charge in [0.15, 0.2) is 0 Å². The second kappa shape index (κ2) is 9.91. The Kier molecular flexibility index (Phi) is 7.16. The van der Waals surface area contributed by atoms with Gasteiger partial charge in [-0.05, 0) is 0 Å². The second-order valence-corrected chi connectivity index (χ2v) is 16.4. The molecule has 4 heteroatoms. The van der Waals surface area contributed by atoms with E-state index in [1.54, 1.807) is 48.5 Å². The number of benzene rings is 3. The molecule has 1 fully saturated rings. The SMILES string of the molecule is CC(C)c1cccc(C(C)C)c1[N+]1=C(P(F)(F)(c2ccccc2)c2ccccc2)C2(CCCCC2)C(C)(C)C1. The molecule has 0 aromatic heterocycles. The minimum absolute atomic E-state index is 0.186. The molecule has 1 nitrogen and oxygen atoms in total. The van der Waals surface area contributed by atoms with Crippen LogP contribution < -0.4 is 10.6 Å². The number of para-hydroxylation sites is 1. The van der Waals surface area contributed by atoms with Gasteiger partial charge in [0, 0.05) is 0 Å². The maximum atomic E-state index is 19.0. The molecule has 0 unspecified atom stereocenters. The molecule has 0 amide bonds. The molecule has 3 aromatic carbocycles. The van der Waals surface area contributed by atoms with E-state index in [0.717, 1.165) is 37.8 Å². The molecule has 0 N–H and O–H groups in total. The summed E-state index contributed by atoms with van der Waals surface area (Å²) in [6.07, 6.45) is 4.76. The summed E-state index contributed by atoms with van der Waals surface area (Å²) in [5, 5.41) is 0.371. The average molecular weight is 549 g/mol. The van der Waals surface area contributed by atoms with Crippen molar-refractivity contribution in [1.29, 1.82) is 0 Å². The van der Waals surface area contributed by atoms with E-state index in [1.807, 2.05) is 12.1 Å². The normalized spacial score (nSPS) is 20.0. The average Bonchev–Trinajstić information content (AvgIpc) is 3.16. The Morgan fingerprint density at radius 2 is 1.13 bits per heavy atom. The Balaban J connectivity index is 2.02. The van der Waals surface area contributed by atoms with E-state index < -0.39 is 12.6 Å². The predicted octanol–water partition coefficient (Wildman–Crippen LogP) is 9.94. The topological polar surface area (TPSA) is 3.01 Å². The standard InChI is InChI=1S/C35H45F2NP/c1-26(2)30-21-16-22-31(27(3)4)32(30)38-25-34(5,6)35(23-14-9-15-24-35)33(38)39(36,37,28-17-10-7-11-18-28)29-19-12-8-13-20-29/h7-8,10-13,16-22,26-27H,9,14-15,23-25H2,1-6H3/q+1. The Morgan fingerprint density at radius 3 is 1.56 bits per heavy atom. The Hall–Kier alpha value is -2.38. The molecular weight excluding hydrogens is 503 g/mol. The van der Waals surface area contributed by atoms with Crippen LogP contribution in [0.5, 0.6) is 0 Å². The number of halogens is 2. The van der Waals surface area contributed by atoms with Gasteiger partial charge in [-0.2, -0.15) is 0 Å². The van der Waals surface area contributed by atoms with Gasteiger partial charge in [0.25, 0.3) is 0 Å². The summed E-state index contributed by atoms with van der Waals surface area (Å²) in [6, 6.07) is 24.1. The maximum absolute atomic E-state index is 19.0. The summed E-state index contributed by atoms with van der Waals surface area (Å²) >= 11 is 0. The van der Waals surface area contributed by atoms with E-state index >= 15 is 8.39 Å². The van der Waals surface area contributed by atoms with Gasteiger partial charge in [-0.15, -0.1) is 0 Å². The number of hydrogen-bond donors (Lipinski definition) is 0. The van der Waals surface area contributed by atoms with E-state index in [2.05, 4.69) is 64.3 Å². The van der Waals surface area contributed by atoms with Crippen molar-refractivity contribution in [3.8, 4) is 0 Å². The number of nitrogens with zero attached hydrogens (tertiary/aromatic N) is 1. The first-order valence-electron chi connectivity index (χ1n) is 14.8. The molecule has 0 atom stereocenters. The molecule has 5 rings (SSSR count). The van der Waals surface area contributed by atoms with Gasteiger partial charge in [0.05, 0.1) is 0 Å². The molecule has 0 radical (unpaired) electrons. The van der Waals surface area contributed by atoms with Crippen LogP contribution in [0, 0.1) is 10.8 Å². The van der Waals surface area contributed by atoms with Crippen LogP contribution in [-0.4, -0.2) is 16.6 Å². The molecule has 3 aromatic rings. The molecule has 0 bridgehead atoms. The number of rotatable bonds is 6. The van der Waals surface area contributed by atoms with E-state index in [0.29, 0.717) is 12.0 Å². The van der Waals surface area contributed by atoms with Crippen LogP contribution in [0.1, 0.15) is 96.6 Å². The summed E-state index contributed by atoms with van der Waals surface area (Å²) < 4.78 is 40.2. The van der Waals surface area contributed by atoms with Crippen molar-refractivity contribution in [2.75, 3.05) is 6.54 Å². The zero-order valence-electron chi connectivity index (χ0n) is 24.6. The van der Waals surface area contributed by atoms with Crippen molar-refractivity contribution in [1.82, 2.24) is 0 Å². The molecule has 0 saturated heterocycles. The Morgan fingerprint density at radius 1 is 0.667 bits per heavy atom. The van der Waals surface area contributed by atoms with Crippen molar-refractivity contribution >= 4 is 29.0 Å². The summed E-state index contributed by atoms with van der Waals surface area (Å²) in [5.41, 5.74) is 2.92. The van der Waals surface area contributed by atoms with Gasteiger partial charge in [0.2, 0.25) is 0 Å². The second-order valence-electron chi connectivity index (χ2n) is 13.1. The van der Waals surface area contributed by atoms with Gasteiger partial charge in [0.1, 0.15) is 0 Å². The van der Waals surface area contributed by atoms with Gasteiger partial charge < -0.3 is 0 Å². The van der Waals surface area contributed by atoms with Gasteiger partial charge in [-0.1, -0.05) is 0 Å². The molecule has 208 valence electrons. The monoisotopic (exact) mass is 548 g/mol. The third kappa shape index (κ3) is 4.22. The molecule has 1 spiro atoms. The predicted molar refractivity (Wildman–Crippen MR) is 165 cm³/mol. The fourth-order valence-electron chi connectivity index (χ4n) is 7.61. The van der Waals surface area contributed by atoms with Gasteiger partial charge in [-0.25, -0.2) is 0 Å². The third-order valence-electron chi connectivity index (χ3n) is 9.64. The van der Waals surface area contributed by atoms with Crippen molar-refractivity contribution in [3.05, 3.63) is 90.0 Å². The zero-order chi connectivity index (χ0) is 28.1. The van der Waals surface area contributed by atoms with Crippen LogP contribution in [0.2, 0.25) is 0 Å².